The van der Waals surface area contributed by atoms with Crippen molar-refractivity contribution in [2.45, 2.75) is 18.7 Å². The fourth-order valence-electron chi connectivity index (χ4n) is 3.52. The van der Waals surface area contributed by atoms with Crippen molar-refractivity contribution < 1.29 is 9.84 Å². The minimum atomic E-state index is -0.255. The van der Waals surface area contributed by atoms with Crippen molar-refractivity contribution in [1.82, 2.24) is 5.01 Å². The molecule has 2 atom stereocenters. The molecular formula is C20H15ClN2O2S. The summed E-state index contributed by atoms with van der Waals surface area (Å²) >= 11 is 7.88. The highest BCUT2D eigenvalue weighted by Gasteiger charge is 2.41. The van der Waals surface area contributed by atoms with Crippen molar-refractivity contribution in [2.24, 2.45) is 5.10 Å². The maximum absolute atomic E-state index is 9.55. The zero-order valence-electron chi connectivity index (χ0n) is 13.7. The van der Waals surface area contributed by atoms with E-state index in [2.05, 4.69) is 11.4 Å². The van der Waals surface area contributed by atoms with Gasteiger partial charge in [0, 0.05) is 22.6 Å². The van der Waals surface area contributed by atoms with Crippen LogP contribution in [0.2, 0.25) is 5.02 Å². The summed E-state index contributed by atoms with van der Waals surface area (Å²) in [6.07, 6.45) is 0.511. The third kappa shape index (κ3) is 2.55. The monoisotopic (exact) mass is 382 g/mol. The number of phenols is 1. The van der Waals surface area contributed by atoms with Crippen LogP contribution >= 0.6 is 22.9 Å². The second-order valence-electron chi connectivity index (χ2n) is 6.40. The lowest BCUT2D eigenvalue weighted by Crippen LogP contribution is -2.33. The number of benzene rings is 2. The molecule has 6 heteroatoms. The fraction of sp³-hybridized carbons (Fsp3) is 0.150. The molecule has 2 aromatic carbocycles. The number of hydrogen-bond acceptors (Lipinski definition) is 5. The summed E-state index contributed by atoms with van der Waals surface area (Å²) in [4.78, 5) is 0. The third-order valence-corrected chi connectivity index (χ3v) is 5.72. The summed E-state index contributed by atoms with van der Waals surface area (Å²) in [5.74, 6) is 1.11. The largest absolute Gasteiger partial charge is 0.508 e. The Morgan fingerprint density at radius 1 is 1.15 bits per heavy atom. The molecule has 2 aliphatic rings. The molecule has 0 radical (unpaired) electrons. The first-order valence-electron chi connectivity index (χ1n) is 8.32. The molecule has 0 saturated heterocycles. The molecule has 0 saturated carbocycles. The fourth-order valence-corrected chi connectivity index (χ4v) is 4.37. The lowest BCUT2D eigenvalue weighted by Gasteiger charge is -2.37. The Balaban J connectivity index is 1.60. The molecule has 1 N–H and O–H groups in total. The predicted octanol–water partition coefficient (Wildman–Crippen LogP) is 5.35. The van der Waals surface area contributed by atoms with Crippen LogP contribution in [0.1, 0.15) is 35.4 Å². The Morgan fingerprint density at radius 3 is 2.77 bits per heavy atom. The van der Waals surface area contributed by atoms with Gasteiger partial charge in [-0.05, 0) is 64.9 Å². The lowest BCUT2D eigenvalue weighted by molar-refractivity contribution is -0.0187. The standard InChI is InChI=1S/C20H15ClN2O2S/c21-14-3-6-19-16(9-14)18-10-17(12-1-4-15(24)5-2-12)22-23(18)20(25-19)13-7-8-26-11-13/h1-9,11,18,20,24H,10H2. The van der Waals surface area contributed by atoms with Crippen LogP contribution in [0.3, 0.4) is 0 Å². The molecule has 1 aromatic heterocycles. The van der Waals surface area contributed by atoms with Crippen LogP contribution in [0.15, 0.2) is 64.4 Å². The zero-order valence-corrected chi connectivity index (χ0v) is 15.2. The van der Waals surface area contributed by atoms with Gasteiger partial charge in [0.05, 0.1) is 11.8 Å². The highest BCUT2D eigenvalue weighted by Crippen LogP contribution is 2.48. The van der Waals surface area contributed by atoms with Gasteiger partial charge in [-0.25, -0.2) is 5.01 Å². The predicted molar refractivity (Wildman–Crippen MR) is 103 cm³/mol. The van der Waals surface area contributed by atoms with E-state index in [1.165, 1.54) is 0 Å². The highest BCUT2D eigenvalue weighted by molar-refractivity contribution is 7.07. The average Bonchev–Trinajstić information content (AvgIpc) is 3.32. The molecule has 26 heavy (non-hydrogen) atoms. The van der Waals surface area contributed by atoms with E-state index in [1.807, 2.05) is 40.7 Å². The summed E-state index contributed by atoms with van der Waals surface area (Å²) in [6, 6.07) is 15.1. The first-order valence-corrected chi connectivity index (χ1v) is 9.64. The van der Waals surface area contributed by atoms with Crippen LogP contribution < -0.4 is 4.74 Å². The quantitative estimate of drug-likeness (QED) is 0.649. The minimum absolute atomic E-state index is 0.0751. The van der Waals surface area contributed by atoms with Gasteiger partial charge in [-0.1, -0.05) is 11.6 Å². The van der Waals surface area contributed by atoms with Crippen molar-refractivity contribution >= 4 is 28.6 Å². The molecule has 3 aromatic rings. The van der Waals surface area contributed by atoms with Gasteiger partial charge in [-0.2, -0.15) is 16.4 Å². The summed E-state index contributed by atoms with van der Waals surface area (Å²) in [5.41, 5.74) is 4.13. The van der Waals surface area contributed by atoms with Crippen LogP contribution in [0.5, 0.6) is 11.5 Å². The van der Waals surface area contributed by atoms with Crippen molar-refractivity contribution in [3.63, 3.8) is 0 Å². The van der Waals surface area contributed by atoms with E-state index in [0.717, 1.165) is 34.6 Å². The number of rotatable bonds is 2. The first-order chi connectivity index (χ1) is 12.7. The molecule has 0 bridgehead atoms. The Morgan fingerprint density at radius 2 is 2.00 bits per heavy atom. The van der Waals surface area contributed by atoms with Crippen LogP contribution in [-0.2, 0) is 0 Å². The highest BCUT2D eigenvalue weighted by atomic mass is 35.5. The smallest absolute Gasteiger partial charge is 0.214 e. The van der Waals surface area contributed by atoms with E-state index in [9.17, 15) is 5.11 Å². The van der Waals surface area contributed by atoms with Gasteiger partial charge in [0.25, 0.3) is 0 Å². The number of nitrogens with zero attached hydrogens (tertiary/aromatic N) is 2. The number of hydrogen-bond donors (Lipinski definition) is 1. The zero-order chi connectivity index (χ0) is 17.7. The Hall–Kier alpha value is -2.50. The molecule has 5 rings (SSSR count). The van der Waals surface area contributed by atoms with Gasteiger partial charge in [0.15, 0.2) is 0 Å². The molecule has 0 aliphatic carbocycles. The van der Waals surface area contributed by atoms with E-state index in [4.69, 9.17) is 21.4 Å². The maximum atomic E-state index is 9.55. The van der Waals surface area contributed by atoms with Gasteiger partial charge in [-0.15, -0.1) is 0 Å². The van der Waals surface area contributed by atoms with Gasteiger partial charge in [-0.3, -0.25) is 0 Å². The molecular weight excluding hydrogens is 368 g/mol. The molecule has 3 heterocycles. The van der Waals surface area contributed by atoms with Crippen LogP contribution in [-0.4, -0.2) is 15.8 Å². The van der Waals surface area contributed by atoms with E-state index >= 15 is 0 Å². The minimum Gasteiger partial charge on any atom is -0.508 e. The van der Waals surface area contributed by atoms with E-state index in [1.54, 1.807) is 23.5 Å². The summed E-state index contributed by atoms with van der Waals surface area (Å²) in [5, 5.41) is 21.3. The van der Waals surface area contributed by atoms with Gasteiger partial charge >= 0.3 is 0 Å². The topological polar surface area (TPSA) is 45.1 Å². The number of aromatic hydroxyl groups is 1. The molecule has 2 unspecified atom stereocenters. The maximum Gasteiger partial charge on any atom is 0.214 e. The number of fused-ring (bicyclic) bond motifs is 3. The number of phenolic OH excluding ortho intramolecular Hbond substituents is 1. The molecule has 0 fully saturated rings. The van der Waals surface area contributed by atoms with Crippen LogP contribution in [0.25, 0.3) is 0 Å². The summed E-state index contributed by atoms with van der Waals surface area (Å²) < 4.78 is 6.28. The molecule has 2 aliphatic heterocycles. The summed E-state index contributed by atoms with van der Waals surface area (Å²) in [6.45, 7) is 0. The third-order valence-electron chi connectivity index (χ3n) is 4.78. The van der Waals surface area contributed by atoms with Gasteiger partial charge in [0.1, 0.15) is 11.5 Å². The van der Waals surface area contributed by atoms with Gasteiger partial charge in [0.2, 0.25) is 6.23 Å². The van der Waals surface area contributed by atoms with Gasteiger partial charge < -0.3 is 9.84 Å². The Bertz CT molecular complexity index is 986. The Kier molecular flexibility index (Phi) is 3.65. The second-order valence-corrected chi connectivity index (χ2v) is 7.62. The lowest BCUT2D eigenvalue weighted by atomic mass is 9.96. The summed E-state index contributed by atoms with van der Waals surface area (Å²) in [7, 11) is 0. The number of ether oxygens (including phenoxy) is 1. The Labute approximate surface area is 159 Å². The van der Waals surface area contributed by atoms with Crippen molar-refractivity contribution in [2.75, 3.05) is 0 Å². The average molecular weight is 383 g/mol. The van der Waals surface area contributed by atoms with Crippen molar-refractivity contribution in [3.05, 3.63) is 81.0 Å². The SMILES string of the molecule is Oc1ccc(C2=NN3C(C2)c2cc(Cl)ccc2OC3c2ccsc2)cc1. The molecule has 4 nitrogen and oxygen atoms in total. The van der Waals surface area contributed by atoms with Crippen LogP contribution in [0.4, 0.5) is 0 Å². The van der Waals surface area contributed by atoms with Crippen LogP contribution in [0, 0.1) is 0 Å². The second kappa shape index (κ2) is 6.04. The number of hydrazone groups is 1. The number of thiophene rings is 1. The molecule has 0 amide bonds. The van der Waals surface area contributed by atoms with E-state index < -0.39 is 0 Å². The van der Waals surface area contributed by atoms with Crippen molar-refractivity contribution in [3.8, 4) is 11.5 Å². The normalized spacial score (nSPS) is 21.0. The van der Waals surface area contributed by atoms with E-state index in [0.29, 0.717) is 5.02 Å². The van der Waals surface area contributed by atoms with E-state index in [-0.39, 0.29) is 18.0 Å². The molecule has 130 valence electrons. The first kappa shape index (κ1) is 15.7. The number of halogens is 1. The van der Waals surface area contributed by atoms with Crippen molar-refractivity contribution in [1.29, 1.82) is 0 Å². The molecule has 0 spiro atoms.